The summed E-state index contributed by atoms with van der Waals surface area (Å²) in [5.74, 6) is 6.05. The Labute approximate surface area is 140 Å². The van der Waals surface area contributed by atoms with Gasteiger partial charge in [0.2, 0.25) is 0 Å². The van der Waals surface area contributed by atoms with Crippen molar-refractivity contribution in [3.8, 4) is 0 Å². The highest BCUT2D eigenvalue weighted by Crippen LogP contribution is 2.44. The summed E-state index contributed by atoms with van der Waals surface area (Å²) in [5.41, 5.74) is 0. The van der Waals surface area contributed by atoms with Crippen LogP contribution in [0.3, 0.4) is 0 Å². The van der Waals surface area contributed by atoms with Crippen molar-refractivity contribution in [3.63, 3.8) is 0 Å². The molecule has 7 unspecified atom stereocenters. The number of fused-ring (bicyclic) bond motifs is 2. The lowest BCUT2D eigenvalue weighted by Crippen LogP contribution is -2.45. The molecule has 2 bridgehead atoms. The minimum Gasteiger partial charge on any atom is -0.310 e. The van der Waals surface area contributed by atoms with Gasteiger partial charge in [-0.3, -0.25) is 0 Å². The molecule has 1 nitrogen and oxygen atoms in total. The zero-order chi connectivity index (χ0) is 16.4. The quantitative estimate of drug-likeness (QED) is 0.700. The first-order valence-corrected chi connectivity index (χ1v) is 10.2. The predicted molar refractivity (Wildman–Crippen MR) is 97.9 cm³/mol. The SMILES string of the molecule is CCC1CC[C@H](C)[C@@H](CC)C2NC(C(C)C2C)C(C)C1CC. The summed E-state index contributed by atoms with van der Waals surface area (Å²) in [5, 5.41) is 4.15. The van der Waals surface area contributed by atoms with Crippen LogP contribution >= 0.6 is 0 Å². The average Bonchev–Trinajstić information content (AvgIpc) is 2.79. The van der Waals surface area contributed by atoms with Crippen molar-refractivity contribution >= 4 is 0 Å². The van der Waals surface area contributed by atoms with Gasteiger partial charge in [-0.05, 0) is 47.8 Å². The van der Waals surface area contributed by atoms with Crippen molar-refractivity contribution in [2.75, 3.05) is 0 Å². The fourth-order valence-corrected chi connectivity index (χ4v) is 6.15. The van der Waals surface area contributed by atoms with Crippen molar-refractivity contribution in [1.29, 1.82) is 0 Å². The van der Waals surface area contributed by atoms with Gasteiger partial charge in [0.1, 0.15) is 0 Å². The molecule has 130 valence electrons. The zero-order valence-corrected chi connectivity index (χ0v) is 16.2. The van der Waals surface area contributed by atoms with Crippen LogP contribution in [0.2, 0.25) is 0 Å². The molecule has 0 aromatic carbocycles. The first-order chi connectivity index (χ1) is 10.5. The molecule has 0 radical (unpaired) electrons. The lowest BCUT2D eigenvalue weighted by molar-refractivity contribution is 0.135. The van der Waals surface area contributed by atoms with Crippen LogP contribution in [0.15, 0.2) is 0 Å². The molecule has 1 N–H and O–H groups in total. The molecule has 0 amide bonds. The molecule has 0 spiro atoms. The van der Waals surface area contributed by atoms with E-state index in [1.165, 1.54) is 32.1 Å². The van der Waals surface area contributed by atoms with E-state index in [-0.39, 0.29) is 0 Å². The van der Waals surface area contributed by atoms with E-state index in [1.54, 1.807) is 0 Å². The number of hydrogen-bond donors (Lipinski definition) is 1. The van der Waals surface area contributed by atoms with Gasteiger partial charge in [0, 0.05) is 12.1 Å². The third-order valence-electron chi connectivity index (χ3n) is 7.85. The van der Waals surface area contributed by atoms with E-state index >= 15 is 0 Å². The van der Waals surface area contributed by atoms with Crippen molar-refractivity contribution in [3.05, 3.63) is 0 Å². The fraction of sp³-hybridized carbons (Fsp3) is 1.00. The molecule has 22 heavy (non-hydrogen) atoms. The first-order valence-electron chi connectivity index (χ1n) is 10.2. The number of rotatable bonds is 3. The van der Waals surface area contributed by atoms with Crippen LogP contribution in [0.4, 0.5) is 0 Å². The fourth-order valence-electron chi connectivity index (χ4n) is 6.15. The van der Waals surface area contributed by atoms with Gasteiger partial charge in [-0.15, -0.1) is 0 Å². The summed E-state index contributed by atoms with van der Waals surface area (Å²) >= 11 is 0. The van der Waals surface area contributed by atoms with E-state index in [1.807, 2.05) is 0 Å². The maximum absolute atomic E-state index is 4.15. The van der Waals surface area contributed by atoms with Crippen molar-refractivity contribution < 1.29 is 0 Å². The van der Waals surface area contributed by atoms with Gasteiger partial charge in [0.25, 0.3) is 0 Å². The minimum atomic E-state index is 0.735. The Hall–Kier alpha value is -0.0400. The second-order valence-electron chi connectivity index (χ2n) is 8.66. The van der Waals surface area contributed by atoms with Gasteiger partial charge in [0.05, 0.1) is 0 Å². The zero-order valence-electron chi connectivity index (χ0n) is 16.2. The Kier molecular flexibility index (Phi) is 6.39. The van der Waals surface area contributed by atoms with Gasteiger partial charge in [-0.2, -0.15) is 0 Å². The Balaban J connectivity index is 2.32. The van der Waals surface area contributed by atoms with Crippen molar-refractivity contribution in [2.24, 2.45) is 41.4 Å². The van der Waals surface area contributed by atoms with E-state index in [9.17, 15) is 0 Å². The van der Waals surface area contributed by atoms with Crippen LogP contribution in [-0.4, -0.2) is 12.1 Å². The van der Waals surface area contributed by atoms with Crippen LogP contribution in [0.25, 0.3) is 0 Å². The molecule has 2 aliphatic rings. The van der Waals surface area contributed by atoms with E-state index in [4.69, 9.17) is 0 Å². The number of nitrogens with one attached hydrogen (secondary N) is 1. The minimum absolute atomic E-state index is 0.735. The molecule has 2 aliphatic heterocycles. The summed E-state index contributed by atoms with van der Waals surface area (Å²) in [6, 6.07) is 1.48. The van der Waals surface area contributed by atoms with Gasteiger partial charge < -0.3 is 5.32 Å². The van der Waals surface area contributed by atoms with Crippen molar-refractivity contribution in [1.82, 2.24) is 5.32 Å². The summed E-state index contributed by atoms with van der Waals surface area (Å²) in [4.78, 5) is 0. The molecular weight excluding hydrogens is 266 g/mol. The smallest absolute Gasteiger partial charge is 0.0129 e. The molecule has 0 saturated carbocycles. The molecule has 2 fully saturated rings. The highest BCUT2D eigenvalue weighted by Gasteiger charge is 2.46. The molecule has 1 heteroatoms. The van der Waals surface area contributed by atoms with Crippen LogP contribution < -0.4 is 5.32 Å². The highest BCUT2D eigenvalue weighted by molar-refractivity contribution is 5.01. The second-order valence-corrected chi connectivity index (χ2v) is 8.66. The summed E-state index contributed by atoms with van der Waals surface area (Å²) in [6.07, 6.45) is 6.95. The van der Waals surface area contributed by atoms with Crippen LogP contribution in [0.1, 0.15) is 80.6 Å². The molecule has 2 heterocycles. The largest absolute Gasteiger partial charge is 0.310 e. The maximum atomic E-state index is 4.15. The van der Waals surface area contributed by atoms with Crippen LogP contribution in [-0.2, 0) is 0 Å². The standard InChI is InChI=1S/C21H41N/c1-8-17-12-11-13(4)18(9-2)21-15(6)14(5)20(22-21)16(7)19(17)10-3/h13-22H,8-12H2,1-7H3/t13-,14?,15?,16?,17?,18+,19?,20?,21?/m0/s1. The molecule has 0 aliphatic carbocycles. The lowest BCUT2D eigenvalue weighted by atomic mass is 9.71. The third kappa shape index (κ3) is 3.25. The molecule has 9 atom stereocenters. The van der Waals surface area contributed by atoms with Gasteiger partial charge >= 0.3 is 0 Å². The van der Waals surface area contributed by atoms with Crippen LogP contribution in [0, 0.1) is 41.4 Å². The Morgan fingerprint density at radius 3 is 1.82 bits per heavy atom. The summed E-state index contributed by atoms with van der Waals surface area (Å²) < 4.78 is 0. The monoisotopic (exact) mass is 307 g/mol. The Bertz CT molecular complexity index is 339. The van der Waals surface area contributed by atoms with Gasteiger partial charge in [-0.25, -0.2) is 0 Å². The number of hydrogen-bond acceptors (Lipinski definition) is 1. The topological polar surface area (TPSA) is 12.0 Å². The van der Waals surface area contributed by atoms with Gasteiger partial charge in [0.15, 0.2) is 0 Å². The average molecular weight is 308 g/mol. The summed E-state index contributed by atoms with van der Waals surface area (Å²) in [7, 11) is 0. The molecule has 0 aromatic rings. The van der Waals surface area contributed by atoms with E-state index < -0.39 is 0 Å². The summed E-state index contributed by atoms with van der Waals surface area (Å²) in [6.45, 7) is 17.4. The maximum Gasteiger partial charge on any atom is 0.0129 e. The predicted octanol–water partition coefficient (Wildman–Crippen LogP) is 5.74. The lowest BCUT2D eigenvalue weighted by Gasteiger charge is -2.39. The Morgan fingerprint density at radius 2 is 1.27 bits per heavy atom. The molecule has 2 saturated heterocycles. The first kappa shape index (κ1) is 18.3. The molecular formula is C21H41N. The normalized spacial score (nSPS) is 50.0. The van der Waals surface area contributed by atoms with Gasteiger partial charge in [-0.1, -0.05) is 74.1 Å². The van der Waals surface area contributed by atoms with Crippen LogP contribution in [0.5, 0.6) is 0 Å². The van der Waals surface area contributed by atoms with E-state index in [0.717, 1.165) is 53.5 Å². The second kappa shape index (κ2) is 7.69. The van der Waals surface area contributed by atoms with Crippen molar-refractivity contribution in [2.45, 2.75) is 92.7 Å². The molecule has 2 rings (SSSR count). The highest BCUT2D eigenvalue weighted by atomic mass is 15.0. The third-order valence-corrected chi connectivity index (χ3v) is 7.85. The van der Waals surface area contributed by atoms with E-state index in [0.29, 0.717) is 0 Å². The van der Waals surface area contributed by atoms with E-state index in [2.05, 4.69) is 53.8 Å². The Morgan fingerprint density at radius 1 is 0.682 bits per heavy atom. The molecule has 0 aromatic heterocycles.